The lowest BCUT2D eigenvalue weighted by Gasteiger charge is -2.20. The Balaban J connectivity index is 1.75. The summed E-state index contributed by atoms with van der Waals surface area (Å²) < 4.78 is 19.4. The molecule has 2 N–H and O–H groups in total. The van der Waals surface area contributed by atoms with Gasteiger partial charge in [-0.05, 0) is 43.2 Å². The molecule has 1 aromatic heterocycles. The molecular formula is C16H17FN2O2. The minimum absolute atomic E-state index is 0.0167. The lowest BCUT2D eigenvalue weighted by atomic mass is 10.0. The smallest absolute Gasteiger partial charge is 0.224 e. The molecule has 2 heterocycles. The maximum absolute atomic E-state index is 14.1. The molecule has 0 bridgehead atoms. The van der Waals surface area contributed by atoms with Gasteiger partial charge in [0.2, 0.25) is 5.91 Å². The van der Waals surface area contributed by atoms with E-state index in [1.807, 2.05) is 19.1 Å². The normalized spacial score (nSPS) is 15.2. The van der Waals surface area contributed by atoms with Crippen LogP contribution >= 0.6 is 0 Å². The number of aryl methyl sites for hydroxylation is 1. The fourth-order valence-corrected chi connectivity index (χ4v) is 2.56. The average Bonchev–Trinajstić information content (AvgIpc) is 2.93. The average molecular weight is 288 g/mol. The predicted octanol–water partition coefficient (Wildman–Crippen LogP) is 3.35. The molecule has 21 heavy (non-hydrogen) atoms. The highest BCUT2D eigenvalue weighted by atomic mass is 19.1. The number of benzene rings is 1. The van der Waals surface area contributed by atoms with Crippen LogP contribution in [0.3, 0.4) is 0 Å². The van der Waals surface area contributed by atoms with Crippen LogP contribution in [0.1, 0.15) is 24.7 Å². The van der Waals surface area contributed by atoms with E-state index < -0.39 is 0 Å². The third kappa shape index (κ3) is 3.07. The van der Waals surface area contributed by atoms with Crippen LogP contribution in [0.2, 0.25) is 0 Å². The summed E-state index contributed by atoms with van der Waals surface area (Å²) in [5, 5.41) is 5.91. The number of hydrogen-bond acceptors (Lipinski definition) is 3. The minimum atomic E-state index is -0.295. The van der Waals surface area contributed by atoms with Crippen molar-refractivity contribution in [3.8, 4) is 0 Å². The largest absolute Gasteiger partial charge is 0.469 e. The van der Waals surface area contributed by atoms with E-state index in [0.717, 1.165) is 11.3 Å². The summed E-state index contributed by atoms with van der Waals surface area (Å²) in [5.41, 5.74) is 1.94. The second-order valence-electron chi connectivity index (χ2n) is 5.37. The first-order valence-corrected chi connectivity index (χ1v) is 7.03. The standard InChI is InChI=1S/C16H17FN2O2/c1-10(7-12-3-2-6-21-12)18-15-9-14-11(8-13(15)17)4-5-16(20)19-14/h2-3,6,8-10,18H,4-5,7H2,1H3,(H,19,20). The Hall–Kier alpha value is -2.30. The van der Waals surface area contributed by atoms with E-state index in [1.165, 1.54) is 6.07 Å². The fraction of sp³-hybridized carbons (Fsp3) is 0.312. The number of amides is 1. The van der Waals surface area contributed by atoms with Gasteiger partial charge in [-0.25, -0.2) is 4.39 Å². The second kappa shape index (κ2) is 5.60. The zero-order valence-electron chi connectivity index (χ0n) is 11.8. The Morgan fingerprint density at radius 3 is 3.05 bits per heavy atom. The molecule has 4 nitrogen and oxygen atoms in total. The zero-order chi connectivity index (χ0) is 14.8. The first-order valence-electron chi connectivity index (χ1n) is 7.03. The van der Waals surface area contributed by atoms with Gasteiger partial charge < -0.3 is 15.1 Å². The quantitative estimate of drug-likeness (QED) is 0.907. The van der Waals surface area contributed by atoms with Crippen molar-refractivity contribution in [2.24, 2.45) is 0 Å². The van der Waals surface area contributed by atoms with Crippen molar-refractivity contribution < 1.29 is 13.6 Å². The number of furan rings is 1. The van der Waals surface area contributed by atoms with Crippen LogP contribution < -0.4 is 10.6 Å². The molecule has 2 aromatic rings. The predicted molar refractivity (Wildman–Crippen MR) is 78.8 cm³/mol. The molecule has 3 rings (SSSR count). The molecule has 1 atom stereocenters. The molecule has 0 radical (unpaired) electrons. The number of carbonyl (C=O) groups excluding carboxylic acids is 1. The fourth-order valence-electron chi connectivity index (χ4n) is 2.56. The summed E-state index contributed by atoms with van der Waals surface area (Å²) in [6, 6.07) is 6.90. The monoisotopic (exact) mass is 288 g/mol. The van der Waals surface area contributed by atoms with E-state index in [2.05, 4.69) is 10.6 Å². The van der Waals surface area contributed by atoms with Gasteiger partial charge in [-0.1, -0.05) is 0 Å². The topological polar surface area (TPSA) is 54.3 Å². The van der Waals surface area contributed by atoms with Gasteiger partial charge in [-0.2, -0.15) is 0 Å². The zero-order valence-corrected chi connectivity index (χ0v) is 11.8. The number of halogens is 1. The van der Waals surface area contributed by atoms with E-state index in [1.54, 1.807) is 12.3 Å². The van der Waals surface area contributed by atoms with E-state index in [-0.39, 0.29) is 17.8 Å². The van der Waals surface area contributed by atoms with Gasteiger partial charge >= 0.3 is 0 Å². The third-order valence-corrected chi connectivity index (χ3v) is 3.58. The third-order valence-electron chi connectivity index (χ3n) is 3.58. The summed E-state index contributed by atoms with van der Waals surface area (Å²) >= 11 is 0. The van der Waals surface area contributed by atoms with Crippen LogP contribution in [-0.4, -0.2) is 11.9 Å². The van der Waals surface area contributed by atoms with E-state index in [9.17, 15) is 9.18 Å². The molecular weight excluding hydrogens is 271 g/mol. The molecule has 0 fully saturated rings. The molecule has 1 aliphatic heterocycles. The molecule has 110 valence electrons. The van der Waals surface area contributed by atoms with Crippen LogP contribution in [0.4, 0.5) is 15.8 Å². The van der Waals surface area contributed by atoms with Crippen molar-refractivity contribution in [2.45, 2.75) is 32.2 Å². The maximum atomic E-state index is 14.1. The summed E-state index contributed by atoms with van der Waals surface area (Å²) in [6.45, 7) is 1.96. The number of fused-ring (bicyclic) bond motifs is 1. The Morgan fingerprint density at radius 2 is 2.29 bits per heavy atom. The lowest BCUT2D eigenvalue weighted by Crippen LogP contribution is -2.22. The van der Waals surface area contributed by atoms with Crippen molar-refractivity contribution in [2.75, 3.05) is 10.6 Å². The lowest BCUT2D eigenvalue weighted by molar-refractivity contribution is -0.116. The molecule has 1 aromatic carbocycles. The highest BCUT2D eigenvalue weighted by Gasteiger charge is 2.18. The van der Waals surface area contributed by atoms with Crippen LogP contribution in [0.25, 0.3) is 0 Å². The minimum Gasteiger partial charge on any atom is -0.469 e. The van der Waals surface area contributed by atoms with Gasteiger partial charge in [0.15, 0.2) is 0 Å². The van der Waals surface area contributed by atoms with Crippen molar-refractivity contribution in [1.82, 2.24) is 0 Å². The van der Waals surface area contributed by atoms with Gasteiger partial charge in [-0.3, -0.25) is 4.79 Å². The van der Waals surface area contributed by atoms with Crippen LogP contribution in [-0.2, 0) is 17.6 Å². The first kappa shape index (κ1) is 13.7. The molecule has 0 saturated heterocycles. The maximum Gasteiger partial charge on any atom is 0.224 e. The van der Waals surface area contributed by atoms with Crippen molar-refractivity contribution in [1.29, 1.82) is 0 Å². The molecule has 1 unspecified atom stereocenters. The Kier molecular flexibility index (Phi) is 3.64. The number of nitrogens with one attached hydrogen (secondary N) is 2. The van der Waals surface area contributed by atoms with Gasteiger partial charge in [0.1, 0.15) is 11.6 Å². The van der Waals surface area contributed by atoms with E-state index in [4.69, 9.17) is 4.42 Å². The van der Waals surface area contributed by atoms with E-state index >= 15 is 0 Å². The van der Waals surface area contributed by atoms with Crippen LogP contribution in [0, 0.1) is 5.82 Å². The van der Waals surface area contributed by atoms with Gasteiger partial charge in [0, 0.05) is 24.6 Å². The molecule has 5 heteroatoms. The number of hydrogen-bond donors (Lipinski definition) is 2. The Morgan fingerprint density at radius 1 is 1.43 bits per heavy atom. The molecule has 1 amide bonds. The van der Waals surface area contributed by atoms with Gasteiger partial charge in [-0.15, -0.1) is 0 Å². The highest BCUT2D eigenvalue weighted by molar-refractivity contribution is 5.94. The summed E-state index contributed by atoms with van der Waals surface area (Å²) in [5.74, 6) is 0.529. The Labute approximate surface area is 122 Å². The molecule has 0 spiro atoms. The summed E-state index contributed by atoms with van der Waals surface area (Å²) in [7, 11) is 0. The molecule has 0 saturated carbocycles. The Bertz CT molecular complexity index is 653. The molecule has 0 aliphatic carbocycles. The van der Waals surface area contributed by atoms with Gasteiger partial charge in [0.05, 0.1) is 12.0 Å². The first-order chi connectivity index (χ1) is 10.1. The second-order valence-corrected chi connectivity index (χ2v) is 5.37. The summed E-state index contributed by atoms with van der Waals surface area (Å²) in [6.07, 6.45) is 3.28. The van der Waals surface area contributed by atoms with Gasteiger partial charge in [0.25, 0.3) is 0 Å². The molecule has 1 aliphatic rings. The van der Waals surface area contributed by atoms with Crippen molar-refractivity contribution in [3.63, 3.8) is 0 Å². The van der Waals surface area contributed by atoms with Crippen LogP contribution in [0.5, 0.6) is 0 Å². The van der Waals surface area contributed by atoms with Crippen LogP contribution in [0.15, 0.2) is 34.9 Å². The van der Waals surface area contributed by atoms with Crippen molar-refractivity contribution in [3.05, 3.63) is 47.7 Å². The van der Waals surface area contributed by atoms with Crippen molar-refractivity contribution >= 4 is 17.3 Å². The SMILES string of the molecule is CC(Cc1ccco1)Nc1cc2c(cc1F)CCC(=O)N2. The summed E-state index contributed by atoms with van der Waals surface area (Å²) in [4.78, 5) is 11.4. The number of rotatable bonds is 4. The number of anilines is 2. The highest BCUT2D eigenvalue weighted by Crippen LogP contribution is 2.29. The number of carbonyl (C=O) groups is 1. The van der Waals surface area contributed by atoms with E-state index in [0.29, 0.717) is 30.6 Å².